The molecule has 3 N–H and O–H groups in total. The van der Waals surface area contributed by atoms with Crippen LogP contribution in [0.1, 0.15) is 162 Å². The van der Waals surface area contributed by atoms with Crippen molar-refractivity contribution >= 4 is 11.6 Å². The van der Waals surface area contributed by atoms with E-state index in [2.05, 4.69) is 48.5 Å². The Hall–Kier alpha value is -1.86. The third-order valence-corrected chi connectivity index (χ3v) is 23.8. The van der Waals surface area contributed by atoms with Crippen LogP contribution in [0.15, 0.2) is 0 Å². The molecule has 1 aromatic rings. The van der Waals surface area contributed by atoms with Crippen LogP contribution in [0.25, 0.3) is 0 Å². The standard InChI is InChI=1S/C54H76N2O9/c1-27-43-40(63-53(27)17-15-46(5,59)26-62-53)25-52(61)32-13-11-30-19-36-38(23-48(30,7)34(32)20-41(57)49(43,52)8)56-35-18-29-10-12-31-33(47(29,6)22-37(35)55-36)21-42(58)51(31)24-39-44(50(51,9)60)28(2)54(64-39)16-14-45(3,4)65-54/h27-34,39-40,43-44,59-61H,10-26H2,1-9H3/t27-,28-,29-,30-,31+,32+,33-,34-,39-,40-,43-,44-,46-,47-,48-,49+,50-,51-,52+,53+,54+/m0/s1. The number of hydrogen-bond acceptors (Lipinski definition) is 11. The molecule has 6 saturated carbocycles. The first-order valence-corrected chi connectivity index (χ1v) is 26.2. The van der Waals surface area contributed by atoms with E-state index in [9.17, 15) is 24.9 Å². The van der Waals surface area contributed by atoms with Crippen molar-refractivity contribution in [2.75, 3.05) is 6.61 Å². The molecule has 10 fully saturated rings. The molecule has 13 rings (SSSR count). The maximum Gasteiger partial charge on any atom is 0.172 e. The van der Waals surface area contributed by atoms with E-state index in [1.165, 1.54) is 0 Å². The summed E-state index contributed by atoms with van der Waals surface area (Å²) in [6.07, 6.45) is 11.6. The molecular formula is C54H76N2O9. The van der Waals surface area contributed by atoms with Gasteiger partial charge in [-0.25, -0.2) is 0 Å². The number of Topliss-reactive ketones (excluding diaryl/α,β-unsaturated/α-hetero) is 2. The minimum atomic E-state index is -1.18. The van der Waals surface area contributed by atoms with Crippen molar-refractivity contribution in [2.24, 2.45) is 80.8 Å². The minimum absolute atomic E-state index is 0.00243. The predicted octanol–water partition coefficient (Wildman–Crippen LogP) is 7.04. The molecule has 5 heterocycles. The summed E-state index contributed by atoms with van der Waals surface area (Å²) in [5, 5.41) is 36.7. The van der Waals surface area contributed by atoms with Crippen molar-refractivity contribution in [2.45, 2.75) is 211 Å². The maximum atomic E-state index is 14.9. The first-order valence-electron chi connectivity index (χ1n) is 26.2. The Bertz CT molecular complexity index is 2280. The maximum absolute atomic E-state index is 14.9. The zero-order valence-corrected chi connectivity index (χ0v) is 40.6. The van der Waals surface area contributed by atoms with Crippen molar-refractivity contribution in [1.29, 1.82) is 0 Å². The van der Waals surface area contributed by atoms with Gasteiger partial charge in [-0.15, -0.1) is 0 Å². The van der Waals surface area contributed by atoms with Crippen LogP contribution in [0.5, 0.6) is 0 Å². The third kappa shape index (κ3) is 5.04. The molecule has 0 bridgehead atoms. The average molecular weight is 897 g/mol. The molecule has 1 aromatic heterocycles. The number of rotatable bonds is 0. The molecule has 0 amide bonds. The Kier molecular flexibility index (Phi) is 8.45. The van der Waals surface area contributed by atoms with Crippen LogP contribution in [0.4, 0.5) is 0 Å². The second-order valence-electron chi connectivity index (χ2n) is 26.9. The summed E-state index contributed by atoms with van der Waals surface area (Å²) in [5.74, 6) is -0.376. The predicted molar refractivity (Wildman–Crippen MR) is 238 cm³/mol. The summed E-state index contributed by atoms with van der Waals surface area (Å²) in [4.78, 5) is 40.9. The summed E-state index contributed by atoms with van der Waals surface area (Å²) in [6, 6.07) is 0. The molecule has 65 heavy (non-hydrogen) atoms. The number of aliphatic hydroxyl groups is 3. The molecule has 0 aromatic carbocycles. The van der Waals surface area contributed by atoms with Crippen LogP contribution >= 0.6 is 0 Å². The SMILES string of the molecule is C[C@H]1[C@H]2[C@H](C[C@]3(C(=O)C[C@H]4[C@H]3CC[C@H]3Cc5nc6c(nc5C[C@@]34C)C[C@@H]3CC[C@@H]4[C@H](CC(=O)[C@]5(C)[C@@H]7[C@H](C[C@@]45O)O[C@]4(CC[C@](C)(O)CO4)[C@H]7C)[C@@]3(C)C6)[C@@]2(C)O)O[C@@]12CCC(C)(C)O2. The van der Waals surface area contributed by atoms with Gasteiger partial charge < -0.3 is 34.3 Å². The van der Waals surface area contributed by atoms with Crippen LogP contribution in [-0.4, -0.2) is 89.6 Å². The molecule has 0 radical (unpaired) electrons. The normalized spacial score (nSPS) is 58.8. The second kappa shape index (κ2) is 12.7. The fourth-order valence-electron chi connectivity index (χ4n) is 20.3. The van der Waals surface area contributed by atoms with Gasteiger partial charge in [0.25, 0.3) is 0 Å². The van der Waals surface area contributed by atoms with Crippen LogP contribution in [0.3, 0.4) is 0 Å². The molecule has 11 nitrogen and oxygen atoms in total. The van der Waals surface area contributed by atoms with Crippen LogP contribution in [-0.2, 0) is 54.2 Å². The molecule has 0 unspecified atom stereocenters. The van der Waals surface area contributed by atoms with Gasteiger partial charge in [0, 0.05) is 55.8 Å². The highest BCUT2D eigenvalue weighted by atomic mass is 16.7. The fraction of sp³-hybridized carbons (Fsp3) is 0.889. The molecular weight excluding hydrogens is 821 g/mol. The van der Waals surface area contributed by atoms with Crippen molar-refractivity contribution in [1.82, 2.24) is 9.97 Å². The highest BCUT2D eigenvalue weighted by Gasteiger charge is 2.80. The van der Waals surface area contributed by atoms with E-state index in [1.807, 2.05) is 13.8 Å². The monoisotopic (exact) mass is 897 g/mol. The highest BCUT2D eigenvalue weighted by molar-refractivity contribution is 5.90. The molecule has 8 aliphatic carbocycles. The minimum Gasteiger partial charge on any atom is -0.389 e. The lowest BCUT2D eigenvalue weighted by Crippen LogP contribution is -2.67. The Morgan fingerprint density at radius 2 is 1.14 bits per heavy atom. The number of hydrogen-bond donors (Lipinski definition) is 3. The van der Waals surface area contributed by atoms with E-state index in [0.717, 1.165) is 87.0 Å². The summed E-state index contributed by atoms with van der Waals surface area (Å²) >= 11 is 0. The quantitative estimate of drug-likeness (QED) is 0.245. The molecule has 3 spiro atoms. The van der Waals surface area contributed by atoms with E-state index in [-0.39, 0.29) is 94.2 Å². The van der Waals surface area contributed by atoms with E-state index in [1.54, 1.807) is 0 Å². The highest BCUT2D eigenvalue weighted by Crippen LogP contribution is 2.74. The van der Waals surface area contributed by atoms with Crippen molar-refractivity contribution in [3.63, 3.8) is 0 Å². The van der Waals surface area contributed by atoms with Gasteiger partial charge in [0.05, 0.1) is 74.8 Å². The van der Waals surface area contributed by atoms with E-state index < -0.39 is 39.2 Å². The summed E-state index contributed by atoms with van der Waals surface area (Å²) in [7, 11) is 0. The number of carbonyl (C=O) groups is 2. The second-order valence-corrected chi connectivity index (χ2v) is 26.9. The molecule has 21 atom stereocenters. The van der Waals surface area contributed by atoms with Gasteiger partial charge in [0.2, 0.25) is 0 Å². The van der Waals surface area contributed by atoms with Crippen LogP contribution < -0.4 is 0 Å². The van der Waals surface area contributed by atoms with Crippen molar-refractivity contribution in [3.05, 3.63) is 22.8 Å². The Morgan fingerprint density at radius 1 is 0.585 bits per heavy atom. The summed E-state index contributed by atoms with van der Waals surface area (Å²) in [5.41, 5.74) is -1.08. The van der Waals surface area contributed by atoms with Crippen LogP contribution in [0.2, 0.25) is 0 Å². The third-order valence-electron chi connectivity index (χ3n) is 23.8. The molecule has 11 heteroatoms. The van der Waals surface area contributed by atoms with Crippen molar-refractivity contribution < 1.29 is 43.9 Å². The lowest BCUT2D eigenvalue weighted by Gasteiger charge is -2.62. The number of nitrogens with zero attached hydrogens (tertiary/aromatic N) is 2. The van der Waals surface area contributed by atoms with E-state index in [4.69, 9.17) is 28.9 Å². The first kappa shape index (κ1) is 43.2. The molecule has 4 aliphatic heterocycles. The Morgan fingerprint density at radius 3 is 1.72 bits per heavy atom. The smallest absolute Gasteiger partial charge is 0.172 e. The zero-order chi connectivity index (χ0) is 45.7. The van der Waals surface area contributed by atoms with Gasteiger partial charge in [-0.05, 0) is 152 Å². The van der Waals surface area contributed by atoms with E-state index in [0.29, 0.717) is 50.4 Å². The molecule has 356 valence electrons. The van der Waals surface area contributed by atoms with Gasteiger partial charge in [-0.1, -0.05) is 27.7 Å². The van der Waals surface area contributed by atoms with Gasteiger partial charge in [0.1, 0.15) is 11.6 Å². The number of ether oxygens (including phenoxy) is 4. The van der Waals surface area contributed by atoms with Crippen LogP contribution in [0, 0.1) is 80.8 Å². The van der Waals surface area contributed by atoms with E-state index >= 15 is 0 Å². The van der Waals surface area contributed by atoms with Gasteiger partial charge >= 0.3 is 0 Å². The largest absolute Gasteiger partial charge is 0.389 e. The first-order chi connectivity index (χ1) is 30.4. The topological polar surface area (TPSA) is 158 Å². The fourth-order valence-corrected chi connectivity index (χ4v) is 20.3. The number of carbonyl (C=O) groups excluding carboxylic acids is 2. The van der Waals surface area contributed by atoms with Gasteiger partial charge in [0.15, 0.2) is 11.6 Å². The Balaban J connectivity index is 0.758. The molecule has 4 saturated heterocycles. The van der Waals surface area contributed by atoms with Gasteiger partial charge in [-0.2, -0.15) is 0 Å². The summed E-state index contributed by atoms with van der Waals surface area (Å²) < 4.78 is 26.8. The zero-order valence-electron chi connectivity index (χ0n) is 40.6. The number of fused-ring (bicyclic) bond motifs is 14. The van der Waals surface area contributed by atoms with Gasteiger partial charge in [-0.3, -0.25) is 19.6 Å². The average Bonchev–Trinajstić information content (AvgIpc) is 3.99. The summed E-state index contributed by atoms with van der Waals surface area (Å²) in [6.45, 7) is 19.5. The number of ketones is 2. The number of aromatic nitrogens is 2. The molecule has 12 aliphatic rings. The van der Waals surface area contributed by atoms with Crippen molar-refractivity contribution in [3.8, 4) is 0 Å². The Labute approximate surface area is 385 Å². The lowest BCUT2D eigenvalue weighted by molar-refractivity contribution is -0.298. The lowest BCUT2D eigenvalue weighted by atomic mass is 9.43.